The van der Waals surface area contributed by atoms with Crippen LogP contribution >= 0.6 is 0 Å². The minimum atomic E-state index is -4.53. The van der Waals surface area contributed by atoms with Crippen molar-refractivity contribution in [1.82, 2.24) is 19.7 Å². The zero-order valence-electron chi connectivity index (χ0n) is 16.0. The van der Waals surface area contributed by atoms with Crippen molar-refractivity contribution >= 4 is 11.7 Å². The molecule has 1 aromatic carbocycles. The Morgan fingerprint density at radius 1 is 1.17 bits per heavy atom. The molecule has 3 aromatic rings. The summed E-state index contributed by atoms with van der Waals surface area (Å²) in [7, 11) is 1.64. The van der Waals surface area contributed by atoms with Crippen molar-refractivity contribution < 1.29 is 18.0 Å². The number of aryl methyl sites for hydroxylation is 1. The maximum atomic E-state index is 13.5. The lowest BCUT2D eigenvalue weighted by Crippen LogP contribution is -2.32. The average molecular weight is 413 g/mol. The topological polar surface area (TPSA) is 63.1 Å². The molecule has 30 heavy (non-hydrogen) atoms. The first kappa shape index (κ1) is 18.7. The van der Waals surface area contributed by atoms with Gasteiger partial charge in [-0.25, -0.2) is 4.79 Å². The minimum absolute atomic E-state index is 0.0524. The SMILES string of the molecule is Cn1ccc(-c2cc(NC(=O)N3C4CCC3c3ncccc34)ccc2C(F)(F)F)n1. The van der Waals surface area contributed by atoms with E-state index >= 15 is 0 Å². The lowest BCUT2D eigenvalue weighted by Gasteiger charge is -2.23. The van der Waals surface area contributed by atoms with Crippen molar-refractivity contribution in [2.24, 2.45) is 7.05 Å². The summed E-state index contributed by atoms with van der Waals surface area (Å²) in [6.45, 7) is 0. The smallest absolute Gasteiger partial charge is 0.309 e. The van der Waals surface area contributed by atoms with Crippen LogP contribution in [0.2, 0.25) is 0 Å². The van der Waals surface area contributed by atoms with Crippen LogP contribution in [-0.4, -0.2) is 25.7 Å². The number of nitrogens with one attached hydrogen (secondary N) is 1. The van der Waals surface area contributed by atoms with Crippen LogP contribution in [0.4, 0.5) is 23.7 Å². The third kappa shape index (κ3) is 2.92. The van der Waals surface area contributed by atoms with Crippen molar-refractivity contribution in [2.45, 2.75) is 31.1 Å². The molecule has 1 fully saturated rings. The van der Waals surface area contributed by atoms with Gasteiger partial charge >= 0.3 is 12.2 Å². The van der Waals surface area contributed by atoms with E-state index in [9.17, 15) is 18.0 Å². The Balaban J connectivity index is 1.45. The Morgan fingerprint density at radius 2 is 1.97 bits per heavy atom. The molecule has 5 rings (SSSR count). The molecule has 9 heteroatoms. The molecule has 4 heterocycles. The maximum Gasteiger partial charge on any atom is 0.417 e. The number of halogens is 3. The molecule has 0 spiro atoms. The number of anilines is 1. The summed E-state index contributed by atoms with van der Waals surface area (Å²) in [6, 6.07) is 8.43. The van der Waals surface area contributed by atoms with Crippen LogP contribution in [0.5, 0.6) is 0 Å². The van der Waals surface area contributed by atoms with Gasteiger partial charge in [0.2, 0.25) is 0 Å². The molecule has 154 valence electrons. The molecule has 2 aliphatic rings. The Hall–Kier alpha value is -3.36. The highest BCUT2D eigenvalue weighted by atomic mass is 19.4. The molecule has 2 unspecified atom stereocenters. The number of amides is 2. The second-order valence-electron chi connectivity index (χ2n) is 7.56. The molecular weight excluding hydrogens is 395 g/mol. The van der Waals surface area contributed by atoms with Crippen LogP contribution in [0.3, 0.4) is 0 Å². The van der Waals surface area contributed by atoms with Crippen LogP contribution < -0.4 is 5.32 Å². The third-order valence-electron chi connectivity index (χ3n) is 5.73. The number of benzene rings is 1. The Morgan fingerprint density at radius 3 is 2.67 bits per heavy atom. The molecule has 2 amide bonds. The fourth-order valence-corrected chi connectivity index (χ4v) is 4.49. The highest BCUT2D eigenvalue weighted by Crippen LogP contribution is 2.52. The lowest BCUT2D eigenvalue weighted by atomic mass is 9.96. The molecule has 2 aliphatic heterocycles. The van der Waals surface area contributed by atoms with Gasteiger partial charge in [-0.2, -0.15) is 18.3 Å². The van der Waals surface area contributed by atoms with Gasteiger partial charge in [-0.15, -0.1) is 0 Å². The molecule has 2 bridgehead atoms. The second-order valence-corrected chi connectivity index (χ2v) is 7.56. The van der Waals surface area contributed by atoms with Crippen molar-refractivity contribution in [3.05, 3.63) is 65.6 Å². The minimum Gasteiger partial charge on any atom is -0.309 e. The zero-order valence-corrected chi connectivity index (χ0v) is 16.0. The van der Waals surface area contributed by atoms with E-state index in [0.717, 1.165) is 30.2 Å². The van der Waals surface area contributed by atoms with E-state index in [-0.39, 0.29) is 35.1 Å². The number of carbonyl (C=O) groups is 1. The van der Waals surface area contributed by atoms with Gasteiger partial charge in [0.05, 0.1) is 29.0 Å². The van der Waals surface area contributed by atoms with Gasteiger partial charge in [0, 0.05) is 30.7 Å². The van der Waals surface area contributed by atoms with Crippen molar-refractivity contribution in [3.63, 3.8) is 0 Å². The summed E-state index contributed by atoms with van der Waals surface area (Å²) in [5, 5.41) is 6.87. The number of urea groups is 1. The van der Waals surface area contributed by atoms with Crippen LogP contribution in [0, 0.1) is 0 Å². The van der Waals surface area contributed by atoms with E-state index in [1.165, 1.54) is 22.9 Å². The third-order valence-corrected chi connectivity index (χ3v) is 5.73. The Labute approximate surface area is 170 Å². The number of fused-ring (bicyclic) bond motifs is 5. The quantitative estimate of drug-likeness (QED) is 0.648. The molecule has 0 radical (unpaired) electrons. The lowest BCUT2D eigenvalue weighted by molar-refractivity contribution is -0.137. The van der Waals surface area contributed by atoms with E-state index < -0.39 is 11.7 Å². The first-order valence-corrected chi connectivity index (χ1v) is 9.58. The number of nitrogens with zero attached hydrogens (tertiary/aromatic N) is 4. The van der Waals surface area contributed by atoms with Gasteiger partial charge in [0.1, 0.15) is 0 Å². The molecule has 2 atom stereocenters. The molecule has 0 saturated carbocycles. The molecule has 0 aliphatic carbocycles. The van der Waals surface area contributed by atoms with E-state index in [2.05, 4.69) is 15.4 Å². The fraction of sp³-hybridized carbons (Fsp3) is 0.286. The van der Waals surface area contributed by atoms with E-state index in [1.807, 2.05) is 12.1 Å². The van der Waals surface area contributed by atoms with Crippen molar-refractivity contribution in [3.8, 4) is 11.3 Å². The second kappa shape index (κ2) is 6.58. The van der Waals surface area contributed by atoms with Crippen molar-refractivity contribution in [2.75, 3.05) is 5.32 Å². The van der Waals surface area contributed by atoms with Gasteiger partial charge in [0.15, 0.2) is 0 Å². The number of rotatable bonds is 2. The van der Waals surface area contributed by atoms with Gasteiger partial charge in [0.25, 0.3) is 0 Å². The van der Waals surface area contributed by atoms with Gasteiger partial charge in [-0.1, -0.05) is 6.07 Å². The normalized spacial score (nSPS) is 19.8. The van der Waals surface area contributed by atoms with E-state index in [0.29, 0.717) is 0 Å². The van der Waals surface area contributed by atoms with Crippen LogP contribution in [0.15, 0.2) is 48.8 Å². The molecule has 6 nitrogen and oxygen atoms in total. The number of pyridine rings is 1. The summed E-state index contributed by atoms with van der Waals surface area (Å²) in [6.07, 6.45) is 0.436. The molecule has 1 saturated heterocycles. The first-order chi connectivity index (χ1) is 14.3. The summed E-state index contributed by atoms with van der Waals surface area (Å²) < 4.78 is 42.0. The van der Waals surface area contributed by atoms with E-state index in [4.69, 9.17) is 0 Å². The number of carbonyl (C=O) groups excluding carboxylic acids is 1. The Kier molecular flexibility index (Phi) is 4.09. The summed E-state index contributed by atoms with van der Waals surface area (Å²) in [5.41, 5.74) is 1.57. The molecule has 2 aromatic heterocycles. The molecular formula is C21H18F3N5O. The highest BCUT2D eigenvalue weighted by Gasteiger charge is 2.47. The summed E-state index contributed by atoms with van der Waals surface area (Å²) in [4.78, 5) is 19.2. The van der Waals surface area contributed by atoms with Gasteiger partial charge in [-0.05, 0) is 48.7 Å². The number of alkyl halides is 3. The van der Waals surface area contributed by atoms with Crippen LogP contribution in [0.25, 0.3) is 11.3 Å². The predicted molar refractivity (Wildman–Crippen MR) is 103 cm³/mol. The largest absolute Gasteiger partial charge is 0.417 e. The Bertz CT molecular complexity index is 1110. The number of hydrogen-bond acceptors (Lipinski definition) is 3. The zero-order chi connectivity index (χ0) is 21.0. The standard InChI is InChI=1S/C21H18F3N5O/c1-28-10-8-16(27-28)14-11-12(4-5-15(14)21(22,23)24)26-20(30)29-17-6-7-18(29)19-13(17)3-2-9-25-19/h2-5,8-11,17-18H,6-7H2,1H3,(H,26,30). The summed E-state index contributed by atoms with van der Waals surface area (Å²) in [5.74, 6) is 0. The van der Waals surface area contributed by atoms with Crippen LogP contribution in [-0.2, 0) is 13.2 Å². The summed E-state index contributed by atoms with van der Waals surface area (Å²) >= 11 is 0. The fourth-order valence-electron chi connectivity index (χ4n) is 4.49. The highest BCUT2D eigenvalue weighted by molar-refractivity contribution is 5.91. The van der Waals surface area contributed by atoms with Gasteiger partial charge < -0.3 is 10.2 Å². The van der Waals surface area contributed by atoms with Crippen LogP contribution in [0.1, 0.15) is 41.7 Å². The maximum absolute atomic E-state index is 13.5. The first-order valence-electron chi connectivity index (χ1n) is 9.58. The monoisotopic (exact) mass is 413 g/mol. The van der Waals surface area contributed by atoms with Gasteiger partial charge in [-0.3, -0.25) is 9.67 Å². The number of aromatic nitrogens is 3. The van der Waals surface area contributed by atoms with Crippen molar-refractivity contribution in [1.29, 1.82) is 0 Å². The number of hydrogen-bond donors (Lipinski definition) is 1. The van der Waals surface area contributed by atoms with E-state index in [1.54, 1.807) is 24.3 Å². The predicted octanol–water partition coefficient (Wildman–Crippen LogP) is 4.92. The average Bonchev–Trinajstić information content (AvgIpc) is 3.41. The molecule has 1 N–H and O–H groups in total.